The predicted molar refractivity (Wildman–Crippen MR) is 99.1 cm³/mol. The van der Waals surface area contributed by atoms with E-state index in [9.17, 15) is 0 Å². The number of nitrogens with zero attached hydrogens (tertiary/aromatic N) is 3. The Hall–Kier alpha value is -1.53. The topological polar surface area (TPSA) is 70.9 Å². The van der Waals surface area contributed by atoms with E-state index in [-0.39, 0.29) is 5.96 Å². The van der Waals surface area contributed by atoms with E-state index in [4.69, 9.17) is 11.5 Å². The van der Waals surface area contributed by atoms with Crippen molar-refractivity contribution in [2.45, 2.75) is 26.2 Å². The molecule has 0 saturated carbocycles. The van der Waals surface area contributed by atoms with Crippen LogP contribution in [0.5, 0.6) is 0 Å². The number of likely N-dealkylation sites (N-methyl/N-ethyl adjacent to an activating group) is 1. The molecular weight excluding hydrogens is 306 g/mol. The van der Waals surface area contributed by atoms with Gasteiger partial charge in [-0.1, -0.05) is 13.5 Å². The van der Waals surface area contributed by atoms with Gasteiger partial charge in [-0.2, -0.15) is 0 Å². The minimum atomic E-state index is 0.135. The normalized spacial score (nSPS) is 21.8. The molecule has 6 heteroatoms. The lowest BCUT2D eigenvalue weighted by molar-refractivity contribution is 0.208. The third-order valence-corrected chi connectivity index (χ3v) is 6.20. The van der Waals surface area contributed by atoms with Crippen LogP contribution in [-0.2, 0) is 12.8 Å². The van der Waals surface area contributed by atoms with Crippen LogP contribution in [0.25, 0.3) is 5.70 Å². The molecule has 1 unspecified atom stereocenters. The van der Waals surface area contributed by atoms with E-state index in [1.165, 1.54) is 16.9 Å². The van der Waals surface area contributed by atoms with Gasteiger partial charge in [0.05, 0.1) is 10.6 Å². The first-order chi connectivity index (χ1) is 11.0. The standard InChI is InChI=1S/C17H27N5S/c1-11-4-5-14-13(10-11)15(20-17(18)19)16(23-14)12(2)22-8-6-21(3)7-9-22/h11H,2,4-10H2,1,3H3,(H4,18,19,20). The highest BCUT2D eigenvalue weighted by Gasteiger charge is 2.27. The van der Waals surface area contributed by atoms with E-state index in [0.29, 0.717) is 5.92 Å². The molecule has 126 valence electrons. The molecule has 2 heterocycles. The second-order valence-corrected chi connectivity index (χ2v) is 7.91. The summed E-state index contributed by atoms with van der Waals surface area (Å²) in [5.41, 5.74) is 14.8. The van der Waals surface area contributed by atoms with E-state index in [2.05, 4.69) is 35.3 Å². The van der Waals surface area contributed by atoms with Crippen molar-refractivity contribution in [1.82, 2.24) is 9.80 Å². The van der Waals surface area contributed by atoms with Crippen LogP contribution in [0, 0.1) is 5.92 Å². The molecule has 1 aliphatic heterocycles. The molecule has 0 radical (unpaired) electrons. The summed E-state index contributed by atoms with van der Waals surface area (Å²) >= 11 is 1.84. The SMILES string of the molecule is C=C(c1sc2c(c1N=C(N)N)CC(C)CC2)N1CCN(C)CC1. The Morgan fingerprint density at radius 1 is 1.26 bits per heavy atom. The third kappa shape index (κ3) is 3.38. The maximum Gasteiger partial charge on any atom is 0.191 e. The zero-order valence-electron chi connectivity index (χ0n) is 14.1. The van der Waals surface area contributed by atoms with Gasteiger partial charge in [-0.05, 0) is 37.8 Å². The van der Waals surface area contributed by atoms with Crippen molar-refractivity contribution in [3.8, 4) is 0 Å². The Morgan fingerprint density at radius 2 is 1.96 bits per heavy atom. The number of hydrogen-bond acceptors (Lipinski definition) is 4. The molecule has 2 aliphatic rings. The molecule has 1 fully saturated rings. The molecule has 0 spiro atoms. The fraction of sp³-hybridized carbons (Fsp3) is 0.588. The van der Waals surface area contributed by atoms with Crippen molar-refractivity contribution in [2.24, 2.45) is 22.4 Å². The number of piperazine rings is 1. The van der Waals surface area contributed by atoms with Gasteiger partial charge in [-0.3, -0.25) is 0 Å². The average molecular weight is 334 g/mol. The van der Waals surface area contributed by atoms with Crippen molar-refractivity contribution < 1.29 is 0 Å². The summed E-state index contributed by atoms with van der Waals surface area (Å²) in [4.78, 5) is 11.8. The van der Waals surface area contributed by atoms with E-state index in [1.807, 2.05) is 11.3 Å². The van der Waals surface area contributed by atoms with Gasteiger partial charge < -0.3 is 21.3 Å². The molecule has 4 N–H and O–H groups in total. The van der Waals surface area contributed by atoms with Gasteiger partial charge in [0.2, 0.25) is 0 Å². The maximum atomic E-state index is 5.70. The summed E-state index contributed by atoms with van der Waals surface area (Å²) in [7, 11) is 2.16. The van der Waals surface area contributed by atoms with E-state index < -0.39 is 0 Å². The average Bonchev–Trinajstić information content (AvgIpc) is 2.85. The van der Waals surface area contributed by atoms with Crippen molar-refractivity contribution in [3.05, 3.63) is 21.9 Å². The van der Waals surface area contributed by atoms with Crippen LogP contribution in [0.3, 0.4) is 0 Å². The first-order valence-corrected chi connectivity index (χ1v) is 9.14. The highest BCUT2D eigenvalue weighted by atomic mass is 32.1. The lowest BCUT2D eigenvalue weighted by atomic mass is 9.89. The summed E-state index contributed by atoms with van der Waals surface area (Å²) in [6.45, 7) is 10.8. The van der Waals surface area contributed by atoms with Crippen molar-refractivity contribution in [1.29, 1.82) is 0 Å². The van der Waals surface area contributed by atoms with Crippen LogP contribution in [0.4, 0.5) is 5.69 Å². The van der Waals surface area contributed by atoms with E-state index in [0.717, 1.165) is 55.3 Å². The number of aryl methyl sites for hydroxylation is 1. The monoisotopic (exact) mass is 333 g/mol. The molecule has 1 atom stereocenters. The molecule has 0 amide bonds. The zero-order valence-corrected chi connectivity index (χ0v) is 15.0. The third-order valence-electron chi connectivity index (χ3n) is 4.87. The quantitative estimate of drug-likeness (QED) is 0.655. The van der Waals surface area contributed by atoms with Gasteiger partial charge in [-0.25, -0.2) is 4.99 Å². The summed E-state index contributed by atoms with van der Waals surface area (Å²) in [5.74, 6) is 0.825. The number of nitrogens with two attached hydrogens (primary N) is 2. The highest BCUT2D eigenvalue weighted by molar-refractivity contribution is 7.13. The molecule has 1 aromatic heterocycles. The molecule has 0 aromatic carbocycles. The molecule has 1 aliphatic carbocycles. The lowest BCUT2D eigenvalue weighted by Gasteiger charge is -2.35. The minimum absolute atomic E-state index is 0.135. The number of thiophene rings is 1. The number of guanidine groups is 1. The number of fused-ring (bicyclic) bond motifs is 1. The largest absolute Gasteiger partial charge is 0.370 e. The fourth-order valence-corrected chi connectivity index (χ4v) is 4.69. The second kappa shape index (κ2) is 6.53. The Labute approximate surface area is 142 Å². The zero-order chi connectivity index (χ0) is 16.6. The van der Waals surface area contributed by atoms with E-state index in [1.54, 1.807) is 0 Å². The van der Waals surface area contributed by atoms with Crippen LogP contribution in [0.2, 0.25) is 0 Å². The molecule has 0 bridgehead atoms. The maximum absolute atomic E-state index is 5.70. The van der Waals surface area contributed by atoms with Crippen LogP contribution in [0.1, 0.15) is 28.7 Å². The smallest absolute Gasteiger partial charge is 0.191 e. The molecule has 3 rings (SSSR count). The summed E-state index contributed by atoms with van der Waals surface area (Å²) in [6, 6.07) is 0. The predicted octanol–water partition coefficient (Wildman–Crippen LogP) is 2.00. The minimum Gasteiger partial charge on any atom is -0.370 e. The molecular formula is C17H27N5S. The first kappa shape index (κ1) is 16.3. The number of rotatable bonds is 3. The Kier molecular flexibility index (Phi) is 4.64. The Morgan fingerprint density at radius 3 is 2.61 bits per heavy atom. The fourth-order valence-electron chi connectivity index (χ4n) is 3.41. The second-order valence-electron chi connectivity index (χ2n) is 6.80. The Balaban J connectivity index is 1.95. The number of hydrogen-bond donors (Lipinski definition) is 2. The van der Waals surface area contributed by atoms with Crippen molar-refractivity contribution >= 4 is 28.7 Å². The van der Waals surface area contributed by atoms with Gasteiger partial charge in [0, 0.05) is 36.8 Å². The van der Waals surface area contributed by atoms with Gasteiger partial charge in [0.1, 0.15) is 0 Å². The van der Waals surface area contributed by atoms with Gasteiger partial charge >= 0.3 is 0 Å². The number of aliphatic imine (C=N–C) groups is 1. The van der Waals surface area contributed by atoms with Crippen LogP contribution >= 0.6 is 11.3 Å². The van der Waals surface area contributed by atoms with Crippen molar-refractivity contribution in [2.75, 3.05) is 33.2 Å². The first-order valence-electron chi connectivity index (χ1n) is 8.32. The molecule has 5 nitrogen and oxygen atoms in total. The summed E-state index contributed by atoms with van der Waals surface area (Å²) in [6.07, 6.45) is 3.44. The van der Waals surface area contributed by atoms with Crippen molar-refractivity contribution in [3.63, 3.8) is 0 Å². The summed E-state index contributed by atoms with van der Waals surface area (Å²) in [5, 5.41) is 0. The van der Waals surface area contributed by atoms with E-state index >= 15 is 0 Å². The molecule has 1 aromatic rings. The Bertz CT molecular complexity index is 621. The molecule has 23 heavy (non-hydrogen) atoms. The van der Waals surface area contributed by atoms with Gasteiger partial charge in [0.25, 0.3) is 0 Å². The molecule has 1 saturated heterocycles. The van der Waals surface area contributed by atoms with Crippen LogP contribution < -0.4 is 11.5 Å². The van der Waals surface area contributed by atoms with Gasteiger partial charge in [0.15, 0.2) is 5.96 Å². The van der Waals surface area contributed by atoms with Gasteiger partial charge in [-0.15, -0.1) is 11.3 Å². The summed E-state index contributed by atoms with van der Waals surface area (Å²) < 4.78 is 0. The lowest BCUT2D eigenvalue weighted by Crippen LogP contribution is -2.43. The van der Waals surface area contributed by atoms with Crippen LogP contribution in [0.15, 0.2) is 11.6 Å². The highest BCUT2D eigenvalue weighted by Crippen LogP contribution is 2.44. The van der Waals surface area contributed by atoms with Crippen LogP contribution in [-0.4, -0.2) is 49.0 Å².